The van der Waals surface area contributed by atoms with Gasteiger partial charge < -0.3 is 15.0 Å². The van der Waals surface area contributed by atoms with E-state index in [-0.39, 0.29) is 11.8 Å². The number of carbonyl (C=O) groups excluding carboxylic acids is 1. The molecule has 4 nitrogen and oxygen atoms in total. The lowest BCUT2D eigenvalue weighted by molar-refractivity contribution is -0.114. The maximum Gasteiger partial charge on any atom is 0.173 e. The van der Waals surface area contributed by atoms with Crippen LogP contribution in [0.2, 0.25) is 5.02 Å². The first kappa shape index (κ1) is 21.3. The predicted octanol–water partition coefficient (Wildman–Crippen LogP) is 5.42. The summed E-state index contributed by atoms with van der Waals surface area (Å²) in [5, 5.41) is 4.68. The van der Waals surface area contributed by atoms with Crippen LogP contribution in [0.5, 0.6) is 5.75 Å². The summed E-state index contributed by atoms with van der Waals surface area (Å²) < 4.78 is 5.86. The minimum absolute atomic E-state index is 0.0462. The predicted molar refractivity (Wildman–Crippen MR) is 121 cm³/mol. The van der Waals surface area contributed by atoms with Crippen LogP contribution in [-0.4, -0.2) is 22.3 Å². The molecule has 1 heterocycles. The van der Waals surface area contributed by atoms with Crippen LogP contribution in [0, 0.1) is 0 Å². The van der Waals surface area contributed by atoms with Gasteiger partial charge in [0.1, 0.15) is 12.4 Å². The second-order valence-electron chi connectivity index (χ2n) is 7.08. The third kappa shape index (κ3) is 4.98. The van der Waals surface area contributed by atoms with Crippen molar-refractivity contribution in [3.63, 3.8) is 0 Å². The lowest BCUT2D eigenvalue weighted by atomic mass is 9.92. The van der Waals surface area contributed by atoms with Gasteiger partial charge >= 0.3 is 0 Å². The Morgan fingerprint density at radius 2 is 1.97 bits per heavy atom. The molecule has 2 aromatic carbocycles. The standard InChI is InChI=1S/C23H25ClN2O2S/c1-4-12-26-15(2)21(16(3)27)22(25-23(26)29)18-8-10-20(11-9-18)28-14-17-6-5-7-19(24)13-17/h5-11,13,22H,4,12,14H2,1-3H3,(H,25,29). The molecule has 1 unspecified atom stereocenters. The monoisotopic (exact) mass is 428 g/mol. The molecule has 0 amide bonds. The molecule has 29 heavy (non-hydrogen) atoms. The maximum atomic E-state index is 12.4. The first-order chi connectivity index (χ1) is 13.9. The minimum Gasteiger partial charge on any atom is -0.489 e. The molecule has 0 spiro atoms. The van der Waals surface area contributed by atoms with Crippen LogP contribution in [0.1, 0.15) is 44.4 Å². The van der Waals surface area contributed by atoms with Gasteiger partial charge in [-0.05, 0) is 67.9 Å². The highest BCUT2D eigenvalue weighted by molar-refractivity contribution is 7.80. The van der Waals surface area contributed by atoms with Crippen molar-refractivity contribution in [3.05, 3.63) is 76.0 Å². The van der Waals surface area contributed by atoms with Gasteiger partial charge in [0.15, 0.2) is 10.9 Å². The van der Waals surface area contributed by atoms with Crippen molar-refractivity contribution < 1.29 is 9.53 Å². The number of ketones is 1. The molecule has 1 atom stereocenters. The van der Waals surface area contributed by atoms with Gasteiger partial charge in [0.25, 0.3) is 0 Å². The summed E-state index contributed by atoms with van der Waals surface area (Å²) in [6, 6.07) is 15.1. The van der Waals surface area contributed by atoms with Crippen molar-refractivity contribution in [2.75, 3.05) is 6.54 Å². The Hall–Kier alpha value is -2.37. The number of thiocarbonyl (C=S) groups is 1. The molecule has 1 aliphatic heterocycles. The summed E-state index contributed by atoms with van der Waals surface area (Å²) in [4.78, 5) is 14.4. The molecule has 3 rings (SSSR count). The number of carbonyl (C=O) groups is 1. The minimum atomic E-state index is -0.255. The SMILES string of the molecule is CCCN1C(=S)NC(c2ccc(OCc3cccc(Cl)c3)cc2)C(C(C)=O)=C1C. The molecule has 0 fully saturated rings. The fraction of sp³-hybridized carbons (Fsp3) is 0.304. The number of Topliss-reactive ketones (excluding diaryl/α,β-unsaturated/α-hetero) is 1. The van der Waals surface area contributed by atoms with E-state index in [4.69, 9.17) is 28.6 Å². The third-order valence-corrected chi connectivity index (χ3v) is 5.50. The number of benzene rings is 2. The summed E-state index contributed by atoms with van der Waals surface area (Å²) >= 11 is 11.6. The number of ether oxygens (including phenoxy) is 1. The van der Waals surface area contributed by atoms with Crippen LogP contribution in [0.4, 0.5) is 0 Å². The summed E-state index contributed by atoms with van der Waals surface area (Å²) in [5.41, 5.74) is 3.66. The Morgan fingerprint density at radius 1 is 1.24 bits per heavy atom. The zero-order valence-corrected chi connectivity index (χ0v) is 18.4. The first-order valence-electron chi connectivity index (χ1n) is 9.67. The maximum absolute atomic E-state index is 12.4. The number of halogens is 1. The number of nitrogens with one attached hydrogen (secondary N) is 1. The van der Waals surface area contributed by atoms with Crippen LogP contribution >= 0.6 is 23.8 Å². The molecular formula is C23H25ClN2O2S. The van der Waals surface area contributed by atoms with Gasteiger partial charge in [-0.2, -0.15) is 0 Å². The first-order valence-corrected chi connectivity index (χ1v) is 10.5. The van der Waals surface area contributed by atoms with E-state index in [0.717, 1.165) is 41.1 Å². The fourth-order valence-electron chi connectivity index (χ4n) is 3.53. The molecule has 0 aromatic heterocycles. The highest BCUT2D eigenvalue weighted by Gasteiger charge is 2.31. The number of hydrogen-bond donors (Lipinski definition) is 1. The molecule has 0 bridgehead atoms. The van der Waals surface area contributed by atoms with E-state index >= 15 is 0 Å². The topological polar surface area (TPSA) is 41.6 Å². The van der Waals surface area contributed by atoms with Crippen molar-refractivity contribution in [2.24, 2.45) is 0 Å². The van der Waals surface area contributed by atoms with Crippen molar-refractivity contribution in [2.45, 2.75) is 39.8 Å². The number of rotatable bonds is 7. The second-order valence-corrected chi connectivity index (χ2v) is 7.90. The summed E-state index contributed by atoms with van der Waals surface area (Å²) in [7, 11) is 0. The second kappa shape index (κ2) is 9.42. The molecule has 152 valence electrons. The summed E-state index contributed by atoms with van der Waals surface area (Å²) in [6.07, 6.45) is 0.952. The highest BCUT2D eigenvalue weighted by Crippen LogP contribution is 2.32. The van der Waals surface area contributed by atoms with Gasteiger partial charge in [-0.1, -0.05) is 42.8 Å². The number of hydrogen-bond acceptors (Lipinski definition) is 3. The van der Waals surface area contributed by atoms with Gasteiger partial charge in [-0.15, -0.1) is 0 Å². The Labute approximate surface area is 182 Å². The Bertz CT molecular complexity index is 940. The van der Waals surface area contributed by atoms with Crippen molar-refractivity contribution >= 4 is 34.7 Å². The third-order valence-electron chi connectivity index (χ3n) is 4.93. The molecule has 0 saturated carbocycles. The quantitative estimate of drug-likeness (QED) is 0.596. The normalized spacial score (nSPS) is 16.6. The molecule has 1 aliphatic rings. The molecular weight excluding hydrogens is 404 g/mol. The lowest BCUT2D eigenvalue weighted by Gasteiger charge is -2.37. The van der Waals surface area contributed by atoms with Gasteiger partial charge in [0.05, 0.1) is 6.04 Å². The van der Waals surface area contributed by atoms with Crippen LogP contribution in [0.3, 0.4) is 0 Å². The van der Waals surface area contributed by atoms with Crippen molar-refractivity contribution in [1.82, 2.24) is 10.2 Å². The zero-order chi connectivity index (χ0) is 21.0. The van der Waals surface area contributed by atoms with Crippen LogP contribution in [0.25, 0.3) is 0 Å². The van der Waals surface area contributed by atoms with Gasteiger partial charge in [0, 0.05) is 22.8 Å². The Balaban J connectivity index is 1.79. The van der Waals surface area contributed by atoms with Gasteiger partial charge in [0.2, 0.25) is 0 Å². The van der Waals surface area contributed by atoms with E-state index < -0.39 is 0 Å². The molecule has 0 aliphatic carbocycles. The average molecular weight is 429 g/mol. The van der Waals surface area contributed by atoms with Crippen molar-refractivity contribution in [3.8, 4) is 5.75 Å². The van der Waals surface area contributed by atoms with Crippen LogP contribution in [0.15, 0.2) is 59.8 Å². The number of nitrogens with zero attached hydrogens (tertiary/aromatic N) is 1. The Kier molecular flexibility index (Phi) is 6.93. The van der Waals surface area contributed by atoms with Crippen molar-refractivity contribution in [1.29, 1.82) is 0 Å². The summed E-state index contributed by atoms with van der Waals surface area (Å²) in [5.74, 6) is 0.801. The molecule has 0 radical (unpaired) electrons. The smallest absolute Gasteiger partial charge is 0.173 e. The number of allylic oxidation sites excluding steroid dienone is 1. The molecule has 2 aromatic rings. The molecule has 6 heteroatoms. The van der Waals surface area contributed by atoms with E-state index in [1.165, 1.54) is 0 Å². The van der Waals surface area contributed by atoms with Crippen LogP contribution < -0.4 is 10.1 Å². The highest BCUT2D eigenvalue weighted by atomic mass is 35.5. The van der Waals surface area contributed by atoms with E-state index in [9.17, 15) is 4.79 Å². The molecule has 0 saturated heterocycles. The van der Waals surface area contributed by atoms with Gasteiger partial charge in [-0.25, -0.2) is 0 Å². The van der Waals surface area contributed by atoms with E-state index in [0.29, 0.717) is 16.7 Å². The average Bonchev–Trinajstić information content (AvgIpc) is 2.69. The Morgan fingerprint density at radius 3 is 2.59 bits per heavy atom. The van der Waals surface area contributed by atoms with E-state index in [2.05, 4.69) is 12.2 Å². The van der Waals surface area contributed by atoms with E-state index in [1.54, 1.807) is 6.92 Å². The molecule has 1 N–H and O–H groups in total. The van der Waals surface area contributed by atoms with Gasteiger partial charge in [-0.3, -0.25) is 4.79 Å². The summed E-state index contributed by atoms with van der Waals surface area (Å²) in [6.45, 7) is 6.90. The van der Waals surface area contributed by atoms with E-state index in [1.807, 2.05) is 60.4 Å². The lowest BCUT2D eigenvalue weighted by Crippen LogP contribution is -2.47. The van der Waals surface area contributed by atoms with Crippen LogP contribution in [-0.2, 0) is 11.4 Å². The zero-order valence-electron chi connectivity index (χ0n) is 16.9. The largest absolute Gasteiger partial charge is 0.489 e. The fourth-order valence-corrected chi connectivity index (χ4v) is 4.09.